The molecule has 2 rings (SSSR count). The van der Waals surface area contributed by atoms with Crippen LogP contribution in [0.25, 0.3) is 0 Å². The molecule has 0 radical (unpaired) electrons. The van der Waals surface area contributed by atoms with Crippen LogP contribution in [0.1, 0.15) is 60.8 Å². The van der Waals surface area contributed by atoms with E-state index < -0.39 is 0 Å². The van der Waals surface area contributed by atoms with Crippen molar-refractivity contribution >= 4 is 33.2 Å². The molecule has 0 aliphatic heterocycles. The molecule has 0 N–H and O–H groups in total. The molecule has 1 aliphatic rings. The Bertz CT molecular complexity index is 427. The van der Waals surface area contributed by atoms with E-state index in [2.05, 4.69) is 27.8 Å². The first-order chi connectivity index (χ1) is 8.63. The van der Waals surface area contributed by atoms with Gasteiger partial charge < -0.3 is 4.74 Å². The van der Waals surface area contributed by atoms with Crippen LogP contribution < -0.4 is 0 Å². The van der Waals surface area contributed by atoms with Gasteiger partial charge in [-0.15, -0.1) is 0 Å². The zero-order valence-electron chi connectivity index (χ0n) is 10.7. The Balaban J connectivity index is 2.23. The van der Waals surface area contributed by atoms with E-state index in [4.69, 9.17) is 4.74 Å². The van der Waals surface area contributed by atoms with Crippen molar-refractivity contribution in [1.82, 2.24) is 4.98 Å². The summed E-state index contributed by atoms with van der Waals surface area (Å²) in [4.78, 5) is 17.1. The molecule has 100 valence electrons. The van der Waals surface area contributed by atoms with E-state index in [1.165, 1.54) is 37.0 Å². The van der Waals surface area contributed by atoms with Crippen LogP contribution in [-0.2, 0) is 4.74 Å². The molecule has 0 amide bonds. The Labute approximate surface area is 120 Å². The fraction of sp³-hybridized carbons (Fsp3) is 0.692. The number of hydrogen-bond donors (Lipinski definition) is 0. The summed E-state index contributed by atoms with van der Waals surface area (Å²) in [5.41, 5.74) is 0.914. The summed E-state index contributed by atoms with van der Waals surface area (Å²) >= 11 is 4.76. The lowest BCUT2D eigenvalue weighted by Gasteiger charge is -2.17. The second-order valence-corrected chi connectivity index (χ2v) is 7.01. The van der Waals surface area contributed by atoms with Crippen molar-refractivity contribution < 1.29 is 9.53 Å². The first-order valence-corrected chi connectivity index (χ1v) is 8.07. The predicted molar refractivity (Wildman–Crippen MR) is 76.1 cm³/mol. The van der Waals surface area contributed by atoms with Gasteiger partial charge in [-0.2, -0.15) is 0 Å². The van der Waals surface area contributed by atoms with Gasteiger partial charge in [0, 0.05) is 5.92 Å². The van der Waals surface area contributed by atoms with Crippen LogP contribution >= 0.6 is 27.3 Å². The highest BCUT2D eigenvalue weighted by atomic mass is 79.9. The molecule has 1 aliphatic carbocycles. The van der Waals surface area contributed by atoms with Gasteiger partial charge in [-0.05, 0) is 41.6 Å². The molecular formula is C13H18BrNO2S. The van der Waals surface area contributed by atoms with Crippen LogP contribution in [0.5, 0.6) is 0 Å². The second kappa shape index (κ2) is 6.15. The fourth-order valence-electron chi connectivity index (χ4n) is 2.64. The zero-order chi connectivity index (χ0) is 13.1. The number of nitrogens with zero attached hydrogens (tertiary/aromatic N) is 1. The van der Waals surface area contributed by atoms with Gasteiger partial charge in [0.15, 0.2) is 3.92 Å². The van der Waals surface area contributed by atoms with E-state index in [1.54, 1.807) is 0 Å². The molecule has 0 spiro atoms. The second-order valence-electron chi connectivity index (χ2n) is 4.73. The summed E-state index contributed by atoms with van der Waals surface area (Å²) in [7, 11) is 0. The molecule has 1 heterocycles. The van der Waals surface area contributed by atoms with Crippen LogP contribution in [0.15, 0.2) is 3.92 Å². The number of esters is 1. The van der Waals surface area contributed by atoms with Crippen molar-refractivity contribution in [3.05, 3.63) is 14.5 Å². The number of carbonyl (C=O) groups is 1. The minimum Gasteiger partial charge on any atom is -0.462 e. The Morgan fingerprint density at radius 2 is 2.22 bits per heavy atom. The maximum atomic E-state index is 11.9. The van der Waals surface area contributed by atoms with Crippen molar-refractivity contribution in [3.63, 3.8) is 0 Å². The van der Waals surface area contributed by atoms with E-state index in [1.807, 2.05) is 6.92 Å². The van der Waals surface area contributed by atoms with Crippen molar-refractivity contribution in [2.45, 2.75) is 45.4 Å². The van der Waals surface area contributed by atoms with Gasteiger partial charge in [-0.25, -0.2) is 9.78 Å². The fourth-order valence-corrected chi connectivity index (χ4v) is 4.10. The normalized spacial score (nSPS) is 17.9. The number of thiazole rings is 1. The Morgan fingerprint density at radius 1 is 1.56 bits per heavy atom. The van der Waals surface area contributed by atoms with Crippen molar-refractivity contribution in [2.24, 2.45) is 5.92 Å². The third-order valence-corrected chi connectivity index (χ3v) is 5.13. The van der Waals surface area contributed by atoms with E-state index in [0.29, 0.717) is 23.3 Å². The molecule has 5 heteroatoms. The summed E-state index contributed by atoms with van der Waals surface area (Å²) in [6.45, 7) is 4.42. The maximum Gasteiger partial charge on any atom is 0.350 e. The largest absolute Gasteiger partial charge is 0.462 e. The third kappa shape index (κ3) is 2.94. The molecule has 1 fully saturated rings. The van der Waals surface area contributed by atoms with Crippen LogP contribution in [0, 0.1) is 5.92 Å². The highest BCUT2D eigenvalue weighted by Gasteiger charge is 2.29. The van der Waals surface area contributed by atoms with E-state index in [0.717, 1.165) is 9.61 Å². The molecule has 0 bridgehead atoms. The third-order valence-electron chi connectivity index (χ3n) is 3.63. The van der Waals surface area contributed by atoms with Crippen LogP contribution in [0.3, 0.4) is 0 Å². The summed E-state index contributed by atoms with van der Waals surface area (Å²) in [6, 6.07) is 0. The van der Waals surface area contributed by atoms with Gasteiger partial charge in [0.05, 0.1) is 12.3 Å². The van der Waals surface area contributed by atoms with Crippen molar-refractivity contribution in [3.8, 4) is 0 Å². The van der Waals surface area contributed by atoms with Gasteiger partial charge in [0.25, 0.3) is 0 Å². The highest BCUT2D eigenvalue weighted by Crippen LogP contribution is 2.40. The zero-order valence-corrected chi connectivity index (χ0v) is 13.1. The molecule has 1 unspecified atom stereocenters. The lowest BCUT2D eigenvalue weighted by Crippen LogP contribution is -2.12. The van der Waals surface area contributed by atoms with Crippen molar-refractivity contribution in [2.75, 3.05) is 6.61 Å². The summed E-state index contributed by atoms with van der Waals surface area (Å²) in [6.07, 6.45) is 5.10. The Morgan fingerprint density at radius 3 is 2.83 bits per heavy atom. The summed E-state index contributed by atoms with van der Waals surface area (Å²) < 4.78 is 5.87. The first kappa shape index (κ1) is 14.0. The smallest absolute Gasteiger partial charge is 0.350 e. The van der Waals surface area contributed by atoms with Crippen LogP contribution in [-0.4, -0.2) is 17.6 Å². The minimum atomic E-state index is -0.236. The molecule has 1 atom stereocenters. The van der Waals surface area contributed by atoms with Crippen molar-refractivity contribution in [1.29, 1.82) is 0 Å². The Kier molecular flexibility index (Phi) is 4.78. The number of halogens is 1. The standard InChI is InChI=1S/C13H18BrNO2S/c1-3-17-12(16)11-10(15-13(14)18-11)8(2)9-6-4-5-7-9/h8-9H,3-7H2,1-2H3. The monoisotopic (exact) mass is 331 g/mol. The lowest BCUT2D eigenvalue weighted by atomic mass is 9.89. The number of hydrogen-bond acceptors (Lipinski definition) is 4. The number of carbonyl (C=O) groups excluding carboxylic acids is 1. The van der Waals surface area contributed by atoms with Crippen LogP contribution in [0.2, 0.25) is 0 Å². The van der Waals surface area contributed by atoms with Gasteiger partial charge in [-0.3, -0.25) is 0 Å². The van der Waals surface area contributed by atoms with E-state index in [-0.39, 0.29) is 5.97 Å². The molecule has 18 heavy (non-hydrogen) atoms. The number of aromatic nitrogens is 1. The number of rotatable bonds is 4. The highest BCUT2D eigenvalue weighted by molar-refractivity contribution is 9.11. The molecule has 0 aromatic carbocycles. The number of ether oxygens (including phenoxy) is 1. The quantitative estimate of drug-likeness (QED) is 0.768. The average Bonchev–Trinajstić information content (AvgIpc) is 2.97. The SMILES string of the molecule is CCOC(=O)c1sc(Br)nc1C(C)C1CCCC1. The molecule has 1 aromatic rings. The van der Waals surface area contributed by atoms with Gasteiger partial charge in [0.1, 0.15) is 4.88 Å². The first-order valence-electron chi connectivity index (χ1n) is 6.46. The lowest BCUT2D eigenvalue weighted by molar-refractivity contribution is 0.0529. The Hall–Kier alpha value is -0.420. The summed E-state index contributed by atoms with van der Waals surface area (Å²) in [5.74, 6) is 0.766. The maximum absolute atomic E-state index is 11.9. The van der Waals surface area contributed by atoms with Gasteiger partial charge >= 0.3 is 5.97 Å². The topological polar surface area (TPSA) is 39.2 Å². The molecule has 3 nitrogen and oxygen atoms in total. The van der Waals surface area contributed by atoms with Crippen LogP contribution in [0.4, 0.5) is 0 Å². The summed E-state index contributed by atoms with van der Waals surface area (Å²) in [5, 5.41) is 0. The minimum absolute atomic E-state index is 0.236. The molecule has 1 saturated carbocycles. The molecule has 1 aromatic heterocycles. The van der Waals surface area contributed by atoms with Gasteiger partial charge in [0.2, 0.25) is 0 Å². The molecule has 0 saturated heterocycles. The average molecular weight is 332 g/mol. The van der Waals surface area contributed by atoms with E-state index in [9.17, 15) is 4.79 Å². The van der Waals surface area contributed by atoms with Gasteiger partial charge in [-0.1, -0.05) is 31.1 Å². The predicted octanol–water partition coefficient (Wildman–Crippen LogP) is 4.38. The van der Waals surface area contributed by atoms with E-state index >= 15 is 0 Å². The molecular weight excluding hydrogens is 314 g/mol.